The first-order valence-electron chi connectivity index (χ1n) is 5.21. The van der Waals surface area contributed by atoms with E-state index in [0.717, 1.165) is 6.92 Å². The SMILES string of the molecule is COc1cccc(-c2cnoc2N)c1C(C)(F)F. The highest BCUT2D eigenvalue weighted by molar-refractivity contribution is 5.77. The molecule has 2 N–H and O–H groups in total. The van der Waals surface area contributed by atoms with Gasteiger partial charge in [-0.2, -0.15) is 0 Å². The van der Waals surface area contributed by atoms with Crippen molar-refractivity contribution >= 4 is 5.88 Å². The number of alkyl halides is 2. The maximum Gasteiger partial charge on any atom is 0.274 e. The smallest absolute Gasteiger partial charge is 0.274 e. The van der Waals surface area contributed by atoms with E-state index in [2.05, 4.69) is 5.16 Å². The van der Waals surface area contributed by atoms with E-state index in [1.807, 2.05) is 0 Å². The number of nitrogens with zero attached hydrogens (tertiary/aromatic N) is 1. The highest BCUT2D eigenvalue weighted by Crippen LogP contribution is 2.42. The van der Waals surface area contributed by atoms with Crippen molar-refractivity contribution in [1.82, 2.24) is 5.16 Å². The average molecular weight is 254 g/mol. The number of hydrogen-bond donors (Lipinski definition) is 1. The Kier molecular flexibility index (Phi) is 2.94. The van der Waals surface area contributed by atoms with E-state index in [1.54, 1.807) is 6.07 Å². The van der Waals surface area contributed by atoms with Crippen molar-refractivity contribution in [2.24, 2.45) is 0 Å². The zero-order valence-corrected chi connectivity index (χ0v) is 9.91. The van der Waals surface area contributed by atoms with Gasteiger partial charge in [-0.3, -0.25) is 0 Å². The fourth-order valence-electron chi connectivity index (χ4n) is 1.83. The minimum absolute atomic E-state index is 0.00578. The topological polar surface area (TPSA) is 61.3 Å². The summed E-state index contributed by atoms with van der Waals surface area (Å²) in [6, 6.07) is 4.61. The molecule has 0 unspecified atom stereocenters. The molecular formula is C12H12F2N2O2. The second-order valence-electron chi connectivity index (χ2n) is 3.87. The van der Waals surface area contributed by atoms with Gasteiger partial charge in [0.2, 0.25) is 5.88 Å². The molecule has 0 saturated heterocycles. The van der Waals surface area contributed by atoms with Crippen LogP contribution in [0.25, 0.3) is 11.1 Å². The molecule has 0 saturated carbocycles. The third-order valence-electron chi connectivity index (χ3n) is 2.57. The van der Waals surface area contributed by atoms with Crippen LogP contribution in [0.15, 0.2) is 28.9 Å². The van der Waals surface area contributed by atoms with Crippen LogP contribution in [-0.2, 0) is 5.92 Å². The predicted octanol–water partition coefficient (Wildman–Crippen LogP) is 3.04. The Morgan fingerprint density at radius 3 is 2.56 bits per heavy atom. The summed E-state index contributed by atoms with van der Waals surface area (Å²) in [4.78, 5) is 0. The van der Waals surface area contributed by atoms with Gasteiger partial charge >= 0.3 is 0 Å². The first-order chi connectivity index (χ1) is 8.45. The Hall–Kier alpha value is -2.11. The summed E-state index contributed by atoms with van der Waals surface area (Å²) >= 11 is 0. The fourth-order valence-corrected chi connectivity index (χ4v) is 1.83. The third-order valence-corrected chi connectivity index (χ3v) is 2.57. The number of ether oxygens (including phenoxy) is 1. The number of benzene rings is 1. The van der Waals surface area contributed by atoms with Gasteiger partial charge in [-0.05, 0) is 6.07 Å². The molecule has 0 spiro atoms. The van der Waals surface area contributed by atoms with Crippen molar-refractivity contribution in [1.29, 1.82) is 0 Å². The third kappa shape index (κ3) is 2.01. The van der Waals surface area contributed by atoms with Crippen molar-refractivity contribution in [2.75, 3.05) is 12.8 Å². The number of halogens is 2. The molecule has 0 atom stereocenters. The van der Waals surface area contributed by atoms with Gasteiger partial charge < -0.3 is 15.0 Å². The number of rotatable bonds is 3. The largest absolute Gasteiger partial charge is 0.496 e. The summed E-state index contributed by atoms with van der Waals surface area (Å²) in [5.41, 5.74) is 5.90. The Morgan fingerprint density at radius 2 is 2.06 bits per heavy atom. The standard InChI is InChI=1S/C12H12F2N2O2/c1-12(13,14)10-7(4-3-5-9(10)17-2)8-6-16-18-11(8)15/h3-6H,15H2,1-2H3. The van der Waals surface area contributed by atoms with Crippen molar-refractivity contribution < 1.29 is 18.0 Å². The van der Waals surface area contributed by atoms with Crippen LogP contribution in [0.5, 0.6) is 5.75 Å². The Balaban J connectivity index is 2.72. The van der Waals surface area contributed by atoms with Gasteiger partial charge in [0, 0.05) is 12.5 Å². The van der Waals surface area contributed by atoms with Crippen LogP contribution >= 0.6 is 0 Å². The lowest BCUT2D eigenvalue weighted by molar-refractivity contribution is 0.0157. The average Bonchev–Trinajstić information content (AvgIpc) is 2.73. The van der Waals surface area contributed by atoms with Crippen LogP contribution in [0.3, 0.4) is 0 Å². The molecule has 18 heavy (non-hydrogen) atoms. The van der Waals surface area contributed by atoms with Crippen molar-refractivity contribution in [3.63, 3.8) is 0 Å². The molecule has 6 heteroatoms. The second kappa shape index (κ2) is 4.29. The van der Waals surface area contributed by atoms with Gasteiger partial charge in [0.05, 0.1) is 24.4 Å². The van der Waals surface area contributed by atoms with E-state index in [9.17, 15) is 8.78 Å². The Bertz CT molecular complexity index is 561. The lowest BCUT2D eigenvalue weighted by Crippen LogP contribution is -2.11. The van der Waals surface area contributed by atoms with Crippen LogP contribution in [0.4, 0.5) is 14.7 Å². The van der Waals surface area contributed by atoms with Crippen LogP contribution in [0.2, 0.25) is 0 Å². The van der Waals surface area contributed by atoms with Crippen molar-refractivity contribution in [2.45, 2.75) is 12.8 Å². The number of nitrogens with two attached hydrogens (primary N) is 1. The van der Waals surface area contributed by atoms with Gasteiger partial charge in [0.15, 0.2) is 0 Å². The van der Waals surface area contributed by atoms with Crippen molar-refractivity contribution in [3.8, 4) is 16.9 Å². The molecule has 0 fully saturated rings. The molecule has 2 rings (SSSR count). The maximum atomic E-state index is 13.7. The molecule has 1 heterocycles. The summed E-state index contributed by atoms with van der Waals surface area (Å²) in [5.74, 6) is -2.97. The Morgan fingerprint density at radius 1 is 1.33 bits per heavy atom. The van der Waals surface area contributed by atoms with E-state index in [1.165, 1.54) is 25.4 Å². The second-order valence-corrected chi connectivity index (χ2v) is 3.87. The molecule has 0 aliphatic rings. The minimum Gasteiger partial charge on any atom is -0.496 e. The predicted molar refractivity (Wildman–Crippen MR) is 62.5 cm³/mol. The lowest BCUT2D eigenvalue weighted by atomic mass is 9.97. The molecule has 4 nitrogen and oxygen atoms in total. The number of hydrogen-bond acceptors (Lipinski definition) is 4. The maximum absolute atomic E-state index is 13.7. The van der Waals surface area contributed by atoms with Crippen LogP contribution in [0, 0.1) is 0 Å². The summed E-state index contributed by atoms with van der Waals surface area (Å²) in [6.07, 6.45) is 1.30. The number of anilines is 1. The summed E-state index contributed by atoms with van der Waals surface area (Å²) in [6.45, 7) is 0.804. The number of methoxy groups -OCH3 is 1. The van der Waals surface area contributed by atoms with E-state index in [-0.39, 0.29) is 22.8 Å². The van der Waals surface area contributed by atoms with Gasteiger partial charge in [0.1, 0.15) is 5.75 Å². The fraction of sp³-hybridized carbons (Fsp3) is 0.250. The summed E-state index contributed by atoms with van der Waals surface area (Å²) < 4.78 is 37.1. The number of aromatic nitrogens is 1. The van der Waals surface area contributed by atoms with Crippen LogP contribution < -0.4 is 10.5 Å². The zero-order valence-electron chi connectivity index (χ0n) is 9.91. The summed E-state index contributed by atoms with van der Waals surface area (Å²) in [5, 5.41) is 3.49. The minimum atomic E-state index is -3.06. The molecule has 0 bridgehead atoms. The van der Waals surface area contributed by atoms with E-state index in [0.29, 0.717) is 5.56 Å². The summed E-state index contributed by atoms with van der Waals surface area (Å²) in [7, 11) is 1.34. The molecular weight excluding hydrogens is 242 g/mol. The normalized spacial score (nSPS) is 11.6. The first kappa shape index (κ1) is 12.3. The molecule has 0 radical (unpaired) electrons. The lowest BCUT2D eigenvalue weighted by Gasteiger charge is -2.18. The van der Waals surface area contributed by atoms with Gasteiger partial charge in [0.25, 0.3) is 5.92 Å². The Labute approximate surface area is 102 Å². The van der Waals surface area contributed by atoms with Gasteiger partial charge in [-0.1, -0.05) is 17.3 Å². The molecule has 96 valence electrons. The highest BCUT2D eigenvalue weighted by Gasteiger charge is 2.33. The van der Waals surface area contributed by atoms with Crippen molar-refractivity contribution in [3.05, 3.63) is 30.0 Å². The molecule has 1 aromatic carbocycles. The zero-order chi connectivity index (χ0) is 13.3. The van der Waals surface area contributed by atoms with Crippen LogP contribution in [0.1, 0.15) is 12.5 Å². The van der Waals surface area contributed by atoms with E-state index in [4.69, 9.17) is 15.0 Å². The molecule has 2 aromatic rings. The van der Waals surface area contributed by atoms with Gasteiger partial charge in [-0.15, -0.1) is 0 Å². The molecule has 0 amide bonds. The monoisotopic (exact) mass is 254 g/mol. The van der Waals surface area contributed by atoms with E-state index >= 15 is 0 Å². The first-order valence-corrected chi connectivity index (χ1v) is 5.21. The molecule has 0 aliphatic carbocycles. The van der Waals surface area contributed by atoms with E-state index < -0.39 is 5.92 Å². The van der Waals surface area contributed by atoms with Gasteiger partial charge in [-0.25, -0.2) is 8.78 Å². The number of nitrogen functional groups attached to an aromatic ring is 1. The van der Waals surface area contributed by atoms with Crippen LogP contribution in [-0.4, -0.2) is 12.3 Å². The quantitative estimate of drug-likeness (QED) is 0.914. The molecule has 0 aliphatic heterocycles. The highest BCUT2D eigenvalue weighted by atomic mass is 19.3. The molecule has 1 aromatic heterocycles.